The van der Waals surface area contributed by atoms with E-state index in [2.05, 4.69) is 13.8 Å². The summed E-state index contributed by atoms with van der Waals surface area (Å²) in [7, 11) is -3.79. The van der Waals surface area contributed by atoms with Crippen molar-refractivity contribution >= 4 is 15.9 Å². The topological polar surface area (TPSA) is 85.4 Å². The number of carbonyl (C=O) groups excluding carboxylic acids is 1. The van der Waals surface area contributed by atoms with Gasteiger partial charge in [-0.15, -0.1) is 0 Å². The van der Waals surface area contributed by atoms with Gasteiger partial charge >= 0.3 is 0 Å². The second-order valence-electron chi connectivity index (χ2n) is 6.44. The molecule has 1 aliphatic rings. The fourth-order valence-corrected chi connectivity index (χ4v) is 3.24. The fourth-order valence-electron chi connectivity index (χ4n) is 2.69. The summed E-state index contributed by atoms with van der Waals surface area (Å²) >= 11 is 0. The average Bonchev–Trinajstić information content (AvgIpc) is 2.92. The molecule has 2 heterocycles. The molecule has 1 saturated heterocycles. The minimum atomic E-state index is -3.79. The Labute approximate surface area is 126 Å². The zero-order chi connectivity index (χ0) is 15.8. The zero-order valence-electron chi connectivity index (χ0n) is 12.8. The minimum Gasteiger partial charge on any atom is -0.342 e. The Bertz CT molecular complexity index is 646. The van der Waals surface area contributed by atoms with Crippen LogP contribution in [0, 0.1) is 5.41 Å². The lowest BCUT2D eigenvalue weighted by Gasteiger charge is -2.20. The molecule has 0 radical (unpaired) electrons. The summed E-state index contributed by atoms with van der Waals surface area (Å²) in [6.07, 6.45) is 3.22. The fraction of sp³-hybridized carbons (Fsp3) is 0.643. The molecule has 0 aromatic carbocycles. The molecule has 118 valence electrons. The molecule has 0 aliphatic carbocycles. The van der Waals surface area contributed by atoms with Crippen LogP contribution in [-0.2, 0) is 16.6 Å². The first-order chi connectivity index (χ1) is 9.64. The largest absolute Gasteiger partial charge is 0.342 e. The van der Waals surface area contributed by atoms with Crippen molar-refractivity contribution < 1.29 is 13.2 Å². The number of sulfonamides is 1. The molecule has 1 aromatic rings. The second-order valence-corrected chi connectivity index (χ2v) is 8.00. The van der Waals surface area contributed by atoms with Crippen molar-refractivity contribution in [3.05, 3.63) is 18.0 Å². The molecule has 7 heteroatoms. The van der Waals surface area contributed by atoms with E-state index in [1.807, 2.05) is 6.92 Å². The van der Waals surface area contributed by atoms with Gasteiger partial charge in [-0.1, -0.05) is 20.8 Å². The van der Waals surface area contributed by atoms with E-state index in [0.717, 1.165) is 12.8 Å². The Kier molecular flexibility index (Phi) is 4.17. The standard InChI is InChI=1S/C14H23N3O3S/c1-4-6-16-9-11(21(15,19)20)8-12(16)13(18)17-7-5-14(2,3)10-17/h8-9H,4-7,10H2,1-3H3,(H2,15,19,20). The smallest absolute Gasteiger partial charge is 0.270 e. The van der Waals surface area contributed by atoms with Gasteiger partial charge in [0.2, 0.25) is 10.0 Å². The van der Waals surface area contributed by atoms with Crippen LogP contribution >= 0.6 is 0 Å². The van der Waals surface area contributed by atoms with Crippen molar-refractivity contribution in [2.45, 2.75) is 45.1 Å². The van der Waals surface area contributed by atoms with E-state index in [4.69, 9.17) is 5.14 Å². The molecular formula is C14H23N3O3S. The maximum Gasteiger partial charge on any atom is 0.270 e. The van der Waals surface area contributed by atoms with Crippen LogP contribution in [0.25, 0.3) is 0 Å². The number of rotatable bonds is 4. The van der Waals surface area contributed by atoms with Gasteiger partial charge in [0.25, 0.3) is 5.91 Å². The average molecular weight is 313 g/mol. The van der Waals surface area contributed by atoms with Gasteiger partial charge in [0.05, 0.1) is 0 Å². The molecule has 1 aromatic heterocycles. The van der Waals surface area contributed by atoms with Gasteiger partial charge in [-0.25, -0.2) is 13.6 Å². The number of carbonyl (C=O) groups is 1. The van der Waals surface area contributed by atoms with E-state index < -0.39 is 10.0 Å². The van der Waals surface area contributed by atoms with Gasteiger partial charge in [-0.2, -0.15) is 0 Å². The summed E-state index contributed by atoms with van der Waals surface area (Å²) in [6.45, 7) is 8.21. The van der Waals surface area contributed by atoms with Crippen LogP contribution in [0.1, 0.15) is 44.1 Å². The van der Waals surface area contributed by atoms with Crippen LogP contribution < -0.4 is 5.14 Å². The van der Waals surface area contributed by atoms with Crippen LogP contribution in [0.3, 0.4) is 0 Å². The predicted octanol–water partition coefficient (Wildman–Crippen LogP) is 1.42. The van der Waals surface area contributed by atoms with Gasteiger partial charge in [0, 0.05) is 25.8 Å². The van der Waals surface area contributed by atoms with E-state index >= 15 is 0 Å². The molecular weight excluding hydrogens is 290 g/mol. The van der Waals surface area contributed by atoms with E-state index in [9.17, 15) is 13.2 Å². The van der Waals surface area contributed by atoms with Crippen LogP contribution in [0.5, 0.6) is 0 Å². The summed E-state index contributed by atoms with van der Waals surface area (Å²) in [4.78, 5) is 14.4. The third-order valence-electron chi connectivity index (χ3n) is 3.85. The molecule has 2 N–H and O–H groups in total. The molecule has 1 aliphatic heterocycles. The highest BCUT2D eigenvalue weighted by atomic mass is 32.2. The van der Waals surface area contributed by atoms with Crippen molar-refractivity contribution in [1.82, 2.24) is 9.47 Å². The van der Waals surface area contributed by atoms with Crippen LogP contribution in [0.4, 0.5) is 0 Å². The monoisotopic (exact) mass is 313 g/mol. The third-order valence-corrected chi connectivity index (χ3v) is 4.73. The number of aryl methyl sites for hydroxylation is 1. The quantitative estimate of drug-likeness (QED) is 0.912. The highest BCUT2D eigenvalue weighted by molar-refractivity contribution is 7.89. The first-order valence-corrected chi connectivity index (χ1v) is 8.71. The van der Waals surface area contributed by atoms with E-state index in [1.165, 1.54) is 12.3 Å². The summed E-state index contributed by atoms with van der Waals surface area (Å²) in [6, 6.07) is 1.39. The summed E-state index contributed by atoms with van der Waals surface area (Å²) in [5, 5.41) is 5.17. The molecule has 0 atom stereocenters. The van der Waals surface area contributed by atoms with Crippen molar-refractivity contribution in [2.75, 3.05) is 13.1 Å². The lowest BCUT2D eigenvalue weighted by molar-refractivity contribution is 0.0767. The molecule has 2 rings (SSSR count). The number of nitrogens with two attached hydrogens (primary N) is 1. The number of aromatic nitrogens is 1. The normalized spacial score (nSPS) is 18.2. The van der Waals surface area contributed by atoms with Gasteiger partial charge in [0.15, 0.2) is 0 Å². The molecule has 0 bridgehead atoms. The summed E-state index contributed by atoms with van der Waals surface area (Å²) in [5.41, 5.74) is 0.513. The Balaban J connectivity index is 2.34. The highest BCUT2D eigenvalue weighted by Gasteiger charge is 2.33. The van der Waals surface area contributed by atoms with Crippen LogP contribution in [-0.4, -0.2) is 36.9 Å². The van der Waals surface area contributed by atoms with Crippen LogP contribution in [0.15, 0.2) is 17.2 Å². The van der Waals surface area contributed by atoms with E-state index in [1.54, 1.807) is 9.47 Å². The number of hydrogen-bond acceptors (Lipinski definition) is 3. The Hall–Kier alpha value is -1.34. The molecule has 21 heavy (non-hydrogen) atoms. The van der Waals surface area contributed by atoms with Crippen molar-refractivity contribution in [1.29, 1.82) is 0 Å². The number of amides is 1. The first kappa shape index (κ1) is 16.0. The third kappa shape index (κ3) is 3.47. The second kappa shape index (κ2) is 5.46. The van der Waals surface area contributed by atoms with Crippen molar-refractivity contribution in [3.8, 4) is 0 Å². The van der Waals surface area contributed by atoms with E-state index in [0.29, 0.717) is 25.3 Å². The number of hydrogen-bond donors (Lipinski definition) is 1. The molecule has 0 spiro atoms. The maximum atomic E-state index is 12.6. The van der Waals surface area contributed by atoms with Gasteiger partial charge in [-0.3, -0.25) is 4.79 Å². The molecule has 0 saturated carbocycles. The van der Waals surface area contributed by atoms with Crippen molar-refractivity contribution in [2.24, 2.45) is 10.6 Å². The van der Waals surface area contributed by atoms with Gasteiger partial charge < -0.3 is 9.47 Å². The Morgan fingerprint density at radius 1 is 1.43 bits per heavy atom. The number of nitrogens with zero attached hydrogens (tertiary/aromatic N) is 2. The molecule has 1 fully saturated rings. The summed E-state index contributed by atoms with van der Waals surface area (Å²) in [5.74, 6) is -0.121. The van der Waals surface area contributed by atoms with Crippen molar-refractivity contribution in [3.63, 3.8) is 0 Å². The van der Waals surface area contributed by atoms with Gasteiger partial charge in [-0.05, 0) is 24.3 Å². The minimum absolute atomic E-state index is 0.00208. The zero-order valence-corrected chi connectivity index (χ0v) is 13.6. The first-order valence-electron chi connectivity index (χ1n) is 7.16. The molecule has 0 unspecified atom stereocenters. The molecule has 6 nitrogen and oxygen atoms in total. The van der Waals surface area contributed by atoms with Gasteiger partial charge in [0.1, 0.15) is 10.6 Å². The molecule has 1 amide bonds. The lowest BCUT2D eigenvalue weighted by Crippen LogP contribution is -2.31. The summed E-state index contributed by atoms with van der Waals surface area (Å²) < 4.78 is 24.7. The Morgan fingerprint density at radius 3 is 2.57 bits per heavy atom. The SMILES string of the molecule is CCCn1cc(S(N)(=O)=O)cc1C(=O)N1CCC(C)(C)C1. The van der Waals surface area contributed by atoms with Crippen LogP contribution in [0.2, 0.25) is 0 Å². The Morgan fingerprint density at radius 2 is 2.10 bits per heavy atom. The predicted molar refractivity (Wildman–Crippen MR) is 80.4 cm³/mol. The van der Waals surface area contributed by atoms with E-state index in [-0.39, 0.29) is 16.2 Å². The highest BCUT2D eigenvalue weighted by Crippen LogP contribution is 2.30. The number of likely N-dealkylation sites (tertiary alicyclic amines) is 1. The number of primary sulfonamides is 1. The maximum absolute atomic E-state index is 12.6. The lowest BCUT2D eigenvalue weighted by atomic mass is 9.93.